The maximum Gasteiger partial charge on any atom is 0.223 e. The van der Waals surface area contributed by atoms with Gasteiger partial charge < -0.3 is 10.2 Å². The highest BCUT2D eigenvalue weighted by Crippen LogP contribution is 2.13. The highest BCUT2D eigenvalue weighted by atomic mass is 19.2. The average molecular weight is 288 g/mol. The monoisotopic (exact) mass is 288 g/mol. The summed E-state index contributed by atoms with van der Waals surface area (Å²) in [5.74, 6) is -3.08. The van der Waals surface area contributed by atoms with Gasteiger partial charge in [0.05, 0.1) is 0 Å². The molecule has 0 unspecified atom stereocenters. The Morgan fingerprint density at radius 1 is 1.10 bits per heavy atom. The van der Waals surface area contributed by atoms with Gasteiger partial charge in [0.1, 0.15) is 5.82 Å². The average Bonchev–Trinajstić information content (AvgIpc) is 2.41. The van der Waals surface area contributed by atoms with E-state index in [0.29, 0.717) is 25.7 Å². The summed E-state index contributed by atoms with van der Waals surface area (Å²) < 4.78 is 39.0. The van der Waals surface area contributed by atoms with Crippen molar-refractivity contribution >= 4 is 5.91 Å². The molecule has 112 valence electrons. The molecule has 1 amide bonds. The summed E-state index contributed by atoms with van der Waals surface area (Å²) in [6, 6.07) is 1.34. The lowest BCUT2D eigenvalue weighted by Crippen LogP contribution is -2.32. The van der Waals surface area contributed by atoms with Crippen LogP contribution in [-0.2, 0) is 11.3 Å². The van der Waals surface area contributed by atoms with Gasteiger partial charge in [-0.15, -0.1) is 0 Å². The fourth-order valence-corrected chi connectivity index (χ4v) is 1.85. The lowest BCUT2D eigenvalue weighted by atomic mass is 10.2. The highest BCUT2D eigenvalue weighted by Gasteiger charge is 2.11. The summed E-state index contributed by atoms with van der Waals surface area (Å²) in [5.41, 5.74) is 0.0409. The molecule has 1 rings (SSSR count). The van der Waals surface area contributed by atoms with Gasteiger partial charge in [0, 0.05) is 44.2 Å². The molecule has 0 saturated heterocycles. The Morgan fingerprint density at radius 3 is 2.30 bits per heavy atom. The van der Waals surface area contributed by atoms with Crippen LogP contribution < -0.4 is 5.32 Å². The Hall–Kier alpha value is -1.56. The number of hydrogen-bond donors (Lipinski definition) is 1. The minimum absolute atomic E-state index is 0.00765. The Balaban J connectivity index is 2.42. The molecule has 0 spiro atoms. The van der Waals surface area contributed by atoms with Gasteiger partial charge in [-0.3, -0.25) is 4.79 Å². The molecular formula is C14H19F3N2O. The van der Waals surface area contributed by atoms with E-state index in [9.17, 15) is 18.0 Å². The Kier molecular flexibility index (Phi) is 6.51. The Labute approximate surface area is 116 Å². The fourth-order valence-electron chi connectivity index (χ4n) is 1.85. The van der Waals surface area contributed by atoms with Gasteiger partial charge in [-0.25, -0.2) is 13.2 Å². The Morgan fingerprint density at radius 2 is 1.70 bits per heavy atom. The van der Waals surface area contributed by atoms with Crippen LogP contribution in [-0.4, -0.2) is 30.4 Å². The molecule has 0 aliphatic carbocycles. The summed E-state index contributed by atoms with van der Waals surface area (Å²) in [6.07, 6.45) is 0.285. The third-order valence-corrected chi connectivity index (χ3v) is 3.04. The summed E-state index contributed by atoms with van der Waals surface area (Å²) in [5, 5.41) is 2.85. The van der Waals surface area contributed by atoms with Gasteiger partial charge in [-0.2, -0.15) is 0 Å². The number of nitrogens with one attached hydrogen (secondary N) is 1. The zero-order chi connectivity index (χ0) is 15.1. The number of nitrogens with zero attached hydrogens (tertiary/aromatic N) is 1. The second-order valence-electron chi connectivity index (χ2n) is 4.35. The summed E-state index contributed by atoms with van der Waals surface area (Å²) in [7, 11) is 0. The first-order chi connectivity index (χ1) is 9.49. The number of carbonyl (C=O) groups excluding carboxylic acids is 1. The van der Waals surface area contributed by atoms with Crippen LogP contribution in [0.2, 0.25) is 0 Å². The van der Waals surface area contributed by atoms with Crippen LogP contribution in [0.4, 0.5) is 13.2 Å². The first-order valence-corrected chi connectivity index (χ1v) is 6.61. The molecule has 0 aliphatic rings. The molecule has 0 aliphatic heterocycles. The largest absolute Gasteiger partial charge is 0.343 e. The van der Waals surface area contributed by atoms with Crippen LogP contribution in [0.1, 0.15) is 25.8 Å². The minimum Gasteiger partial charge on any atom is -0.343 e. The fraction of sp³-hybridized carbons (Fsp3) is 0.500. The van der Waals surface area contributed by atoms with Crippen molar-refractivity contribution in [2.75, 3.05) is 19.6 Å². The van der Waals surface area contributed by atoms with E-state index in [1.807, 2.05) is 13.8 Å². The van der Waals surface area contributed by atoms with Crippen LogP contribution in [0.3, 0.4) is 0 Å². The van der Waals surface area contributed by atoms with Gasteiger partial charge in [0.2, 0.25) is 5.91 Å². The molecule has 0 bridgehead atoms. The van der Waals surface area contributed by atoms with E-state index in [4.69, 9.17) is 0 Å². The van der Waals surface area contributed by atoms with Crippen molar-refractivity contribution in [1.29, 1.82) is 0 Å². The molecule has 0 saturated carbocycles. The second-order valence-corrected chi connectivity index (χ2v) is 4.35. The minimum atomic E-state index is -1.21. The molecule has 0 heterocycles. The van der Waals surface area contributed by atoms with Gasteiger partial charge in [0.15, 0.2) is 11.6 Å². The zero-order valence-electron chi connectivity index (χ0n) is 11.7. The SMILES string of the molecule is CCN(CC)C(=O)CCNCc1cc(F)c(F)cc1F. The van der Waals surface area contributed by atoms with Gasteiger partial charge in [-0.1, -0.05) is 0 Å². The third-order valence-electron chi connectivity index (χ3n) is 3.04. The molecule has 0 atom stereocenters. The van der Waals surface area contributed by atoms with E-state index in [1.54, 1.807) is 4.90 Å². The second kappa shape index (κ2) is 7.89. The predicted molar refractivity (Wildman–Crippen MR) is 70.6 cm³/mol. The first-order valence-electron chi connectivity index (χ1n) is 6.61. The van der Waals surface area contributed by atoms with Gasteiger partial charge in [0.25, 0.3) is 0 Å². The third kappa shape index (κ3) is 4.52. The maximum atomic E-state index is 13.3. The molecule has 20 heavy (non-hydrogen) atoms. The normalized spacial score (nSPS) is 10.7. The first kappa shape index (κ1) is 16.5. The molecule has 1 aromatic carbocycles. The number of halogens is 3. The van der Waals surface area contributed by atoms with Crippen molar-refractivity contribution < 1.29 is 18.0 Å². The molecule has 1 N–H and O–H groups in total. The van der Waals surface area contributed by atoms with Crippen molar-refractivity contribution in [3.63, 3.8) is 0 Å². The van der Waals surface area contributed by atoms with Crippen LogP contribution in [0.15, 0.2) is 12.1 Å². The molecule has 0 fully saturated rings. The van der Waals surface area contributed by atoms with Crippen LogP contribution in [0.25, 0.3) is 0 Å². The maximum absolute atomic E-state index is 13.3. The number of amides is 1. The van der Waals surface area contributed by atoms with E-state index in [0.717, 1.165) is 6.07 Å². The molecular weight excluding hydrogens is 269 g/mol. The summed E-state index contributed by atoms with van der Waals surface area (Å²) in [4.78, 5) is 13.4. The van der Waals surface area contributed by atoms with E-state index < -0.39 is 17.5 Å². The van der Waals surface area contributed by atoms with Crippen molar-refractivity contribution in [3.8, 4) is 0 Å². The molecule has 0 aromatic heterocycles. The van der Waals surface area contributed by atoms with Crippen LogP contribution >= 0.6 is 0 Å². The van der Waals surface area contributed by atoms with Gasteiger partial charge >= 0.3 is 0 Å². The van der Waals surface area contributed by atoms with E-state index in [2.05, 4.69) is 5.32 Å². The number of carbonyl (C=O) groups is 1. The number of hydrogen-bond acceptors (Lipinski definition) is 2. The smallest absolute Gasteiger partial charge is 0.223 e. The van der Waals surface area contributed by atoms with Crippen LogP contribution in [0.5, 0.6) is 0 Å². The topological polar surface area (TPSA) is 32.3 Å². The van der Waals surface area contributed by atoms with Crippen molar-refractivity contribution in [1.82, 2.24) is 10.2 Å². The molecule has 1 aromatic rings. The lowest BCUT2D eigenvalue weighted by molar-refractivity contribution is -0.130. The van der Waals surface area contributed by atoms with Gasteiger partial charge in [-0.05, 0) is 19.9 Å². The summed E-state index contributed by atoms with van der Waals surface area (Å²) in [6.45, 7) is 5.49. The standard InChI is InChI=1S/C14H19F3N2O/c1-3-19(4-2)14(20)5-6-18-9-10-7-12(16)13(17)8-11(10)15/h7-8,18H,3-6,9H2,1-2H3. The zero-order valence-corrected chi connectivity index (χ0v) is 11.7. The quantitative estimate of drug-likeness (QED) is 0.617. The Bertz CT molecular complexity index is 462. The summed E-state index contributed by atoms with van der Waals surface area (Å²) >= 11 is 0. The van der Waals surface area contributed by atoms with Crippen molar-refractivity contribution in [2.45, 2.75) is 26.8 Å². The van der Waals surface area contributed by atoms with Crippen molar-refractivity contribution in [3.05, 3.63) is 35.1 Å². The highest BCUT2D eigenvalue weighted by molar-refractivity contribution is 5.76. The molecule has 0 radical (unpaired) electrons. The molecule has 6 heteroatoms. The predicted octanol–water partition coefficient (Wildman–Crippen LogP) is 2.45. The van der Waals surface area contributed by atoms with Crippen LogP contribution in [0, 0.1) is 17.5 Å². The lowest BCUT2D eigenvalue weighted by Gasteiger charge is -2.18. The van der Waals surface area contributed by atoms with E-state index in [-0.39, 0.29) is 24.4 Å². The van der Waals surface area contributed by atoms with E-state index >= 15 is 0 Å². The number of rotatable bonds is 7. The molecule has 3 nitrogen and oxygen atoms in total. The van der Waals surface area contributed by atoms with E-state index in [1.165, 1.54) is 0 Å². The number of benzene rings is 1. The van der Waals surface area contributed by atoms with Crippen molar-refractivity contribution in [2.24, 2.45) is 0 Å².